The smallest absolute Gasteiger partial charge is 0.216 e. The predicted octanol–water partition coefficient (Wildman–Crippen LogP) is 2.07. The van der Waals surface area contributed by atoms with E-state index < -0.39 is 9.84 Å². The topological polar surface area (TPSA) is 90.4 Å². The van der Waals surface area contributed by atoms with Gasteiger partial charge in [0.05, 0.1) is 19.0 Å². The highest BCUT2D eigenvalue weighted by Crippen LogP contribution is 2.34. The maximum absolute atomic E-state index is 11.8. The Hall–Kier alpha value is -1.90. The second-order valence-electron chi connectivity index (χ2n) is 6.29. The molecule has 0 amide bonds. The Morgan fingerprint density at radius 2 is 1.92 bits per heavy atom. The summed E-state index contributed by atoms with van der Waals surface area (Å²) in [7, 11) is -3.32. The minimum absolute atomic E-state index is 0. The van der Waals surface area contributed by atoms with Gasteiger partial charge < -0.3 is 14.8 Å². The van der Waals surface area contributed by atoms with Crippen LogP contribution in [0.4, 0.5) is 0 Å². The van der Waals surface area contributed by atoms with Crippen molar-refractivity contribution in [3.05, 3.63) is 30.6 Å². The van der Waals surface area contributed by atoms with E-state index in [1.165, 1.54) is 6.07 Å². The Labute approximate surface area is 158 Å². The van der Waals surface area contributed by atoms with Crippen molar-refractivity contribution < 1.29 is 17.9 Å². The first kappa shape index (κ1) is 18.9. The first-order valence-electron chi connectivity index (χ1n) is 8.27. The maximum Gasteiger partial charge on any atom is 0.216 e. The molecule has 0 radical (unpaired) electrons. The molecule has 1 aromatic heterocycles. The number of hydrogen-bond donors (Lipinski definition) is 1. The fourth-order valence-electron chi connectivity index (χ4n) is 3.02. The quantitative estimate of drug-likeness (QED) is 0.844. The summed E-state index contributed by atoms with van der Waals surface area (Å²) >= 11 is 0. The number of sulfone groups is 1. The number of aromatic nitrogens is 2. The van der Waals surface area contributed by atoms with Crippen LogP contribution in [-0.2, 0) is 9.84 Å². The van der Waals surface area contributed by atoms with E-state index in [0.717, 1.165) is 25.9 Å². The lowest BCUT2D eigenvalue weighted by Crippen LogP contribution is -2.30. The zero-order valence-corrected chi connectivity index (χ0v) is 15.7. The largest absolute Gasteiger partial charge is 0.490 e. The van der Waals surface area contributed by atoms with Crippen molar-refractivity contribution in [1.82, 2.24) is 15.3 Å². The summed E-state index contributed by atoms with van der Waals surface area (Å²) in [4.78, 5) is 8.86. The molecule has 4 rings (SSSR count). The monoisotopic (exact) mass is 397 g/mol. The van der Waals surface area contributed by atoms with Crippen LogP contribution in [0.1, 0.15) is 12.8 Å². The average molecular weight is 398 g/mol. The number of hydrogen-bond acceptors (Lipinski definition) is 7. The Morgan fingerprint density at radius 3 is 2.65 bits per heavy atom. The van der Waals surface area contributed by atoms with E-state index in [2.05, 4.69) is 15.3 Å². The lowest BCUT2D eigenvalue weighted by Gasteiger charge is -2.22. The summed E-state index contributed by atoms with van der Waals surface area (Å²) in [5, 5.41) is 3.33. The maximum atomic E-state index is 11.8. The van der Waals surface area contributed by atoms with Crippen molar-refractivity contribution in [3.63, 3.8) is 0 Å². The van der Waals surface area contributed by atoms with Gasteiger partial charge in [-0.25, -0.2) is 18.4 Å². The molecule has 2 aliphatic heterocycles. The summed E-state index contributed by atoms with van der Waals surface area (Å²) in [5.74, 6) is 1.76. The van der Waals surface area contributed by atoms with Gasteiger partial charge in [0.25, 0.3) is 0 Å². The highest BCUT2D eigenvalue weighted by molar-refractivity contribution is 7.91. The third-order valence-corrected chi connectivity index (χ3v) is 5.91. The number of halogens is 1. The summed E-state index contributed by atoms with van der Waals surface area (Å²) in [6, 6.07) is 4.89. The van der Waals surface area contributed by atoms with E-state index in [0.29, 0.717) is 35.4 Å². The molecule has 140 valence electrons. The molecule has 0 atom stereocenters. The standard InChI is InChI=1S/C17H19N3O4S.ClH/c21-25(22)11-24-15-7-13(1-2-16(15)25)17-19-8-14(9-20-17)23-10-12-3-5-18-6-4-12;/h1-2,7-9,12,18H,3-6,10-11H2;1H. The second kappa shape index (κ2) is 7.77. The summed E-state index contributed by atoms with van der Waals surface area (Å²) in [6.45, 7) is 2.76. The number of nitrogens with zero attached hydrogens (tertiary/aromatic N) is 2. The highest BCUT2D eigenvalue weighted by atomic mass is 35.5. The van der Waals surface area contributed by atoms with Gasteiger partial charge in [-0.3, -0.25) is 0 Å². The lowest BCUT2D eigenvalue weighted by molar-refractivity contribution is 0.214. The second-order valence-corrected chi connectivity index (χ2v) is 8.19. The van der Waals surface area contributed by atoms with Gasteiger partial charge in [0.2, 0.25) is 9.84 Å². The fourth-order valence-corrected chi connectivity index (χ4v) is 4.13. The predicted molar refractivity (Wildman–Crippen MR) is 98.5 cm³/mol. The molecule has 3 heterocycles. The van der Waals surface area contributed by atoms with Crippen molar-refractivity contribution in [3.8, 4) is 22.9 Å². The molecule has 2 aromatic rings. The van der Waals surface area contributed by atoms with Crippen LogP contribution in [0.5, 0.6) is 11.5 Å². The van der Waals surface area contributed by atoms with E-state index in [4.69, 9.17) is 9.47 Å². The number of nitrogens with one attached hydrogen (secondary N) is 1. The van der Waals surface area contributed by atoms with Crippen molar-refractivity contribution in [2.24, 2.45) is 5.92 Å². The normalized spacial score (nSPS) is 18.5. The SMILES string of the molecule is Cl.O=S1(=O)COc2cc(-c3ncc(OCC4CCNCC4)cn3)ccc21. The third-order valence-electron chi connectivity index (χ3n) is 4.48. The van der Waals surface area contributed by atoms with E-state index in [1.807, 2.05) is 0 Å². The van der Waals surface area contributed by atoms with Gasteiger partial charge >= 0.3 is 0 Å². The van der Waals surface area contributed by atoms with Crippen molar-refractivity contribution in [1.29, 1.82) is 0 Å². The number of piperidine rings is 1. The van der Waals surface area contributed by atoms with Crippen LogP contribution in [0.3, 0.4) is 0 Å². The number of benzene rings is 1. The minimum Gasteiger partial charge on any atom is -0.490 e. The van der Waals surface area contributed by atoms with Crippen LogP contribution >= 0.6 is 12.4 Å². The molecule has 1 fully saturated rings. The molecule has 1 aromatic carbocycles. The molecule has 0 saturated carbocycles. The first-order valence-corrected chi connectivity index (χ1v) is 9.92. The molecular weight excluding hydrogens is 378 g/mol. The molecular formula is C17H20ClN3O4S. The molecule has 0 aliphatic carbocycles. The molecule has 7 nitrogen and oxygen atoms in total. The zero-order chi connectivity index (χ0) is 17.3. The van der Waals surface area contributed by atoms with E-state index in [-0.39, 0.29) is 23.2 Å². The Balaban J connectivity index is 0.00000196. The lowest BCUT2D eigenvalue weighted by atomic mass is 9.99. The van der Waals surface area contributed by atoms with Crippen LogP contribution in [0, 0.1) is 5.92 Å². The van der Waals surface area contributed by atoms with Gasteiger partial charge in [-0.1, -0.05) is 0 Å². The highest BCUT2D eigenvalue weighted by Gasteiger charge is 2.28. The molecule has 1 N–H and O–H groups in total. The molecule has 26 heavy (non-hydrogen) atoms. The molecule has 1 saturated heterocycles. The Bertz CT molecular complexity index is 868. The van der Waals surface area contributed by atoms with Crippen LogP contribution in [0.15, 0.2) is 35.5 Å². The molecule has 0 unspecified atom stereocenters. The van der Waals surface area contributed by atoms with Crippen LogP contribution in [-0.4, -0.2) is 44.0 Å². The molecule has 0 spiro atoms. The Kier molecular flexibility index (Phi) is 5.64. The average Bonchev–Trinajstić information content (AvgIpc) is 2.96. The summed E-state index contributed by atoms with van der Waals surface area (Å²) < 4.78 is 34.6. The van der Waals surface area contributed by atoms with Crippen LogP contribution in [0.2, 0.25) is 0 Å². The first-order chi connectivity index (χ1) is 12.1. The van der Waals surface area contributed by atoms with Gasteiger partial charge in [0.15, 0.2) is 17.5 Å². The molecule has 9 heteroatoms. The van der Waals surface area contributed by atoms with Crippen molar-refractivity contribution >= 4 is 22.2 Å². The van der Waals surface area contributed by atoms with Crippen LogP contribution < -0.4 is 14.8 Å². The number of ether oxygens (including phenoxy) is 2. The van der Waals surface area contributed by atoms with E-state index in [9.17, 15) is 8.42 Å². The number of fused-ring (bicyclic) bond motifs is 1. The summed E-state index contributed by atoms with van der Waals surface area (Å²) in [5.41, 5.74) is 0.709. The van der Waals surface area contributed by atoms with E-state index >= 15 is 0 Å². The third kappa shape index (κ3) is 3.92. The Morgan fingerprint density at radius 1 is 1.19 bits per heavy atom. The van der Waals surface area contributed by atoms with Crippen molar-refractivity contribution in [2.75, 3.05) is 25.6 Å². The van der Waals surface area contributed by atoms with E-state index in [1.54, 1.807) is 24.5 Å². The number of rotatable bonds is 4. The van der Waals surface area contributed by atoms with Crippen LogP contribution in [0.25, 0.3) is 11.4 Å². The molecule has 2 aliphatic rings. The van der Waals surface area contributed by atoms with Gasteiger partial charge in [0, 0.05) is 5.56 Å². The minimum atomic E-state index is -3.32. The van der Waals surface area contributed by atoms with Crippen molar-refractivity contribution in [2.45, 2.75) is 17.7 Å². The van der Waals surface area contributed by atoms with Gasteiger partial charge in [0.1, 0.15) is 10.6 Å². The fraction of sp³-hybridized carbons (Fsp3) is 0.412. The van der Waals surface area contributed by atoms with Gasteiger partial charge in [-0.05, 0) is 50.0 Å². The van der Waals surface area contributed by atoms with Gasteiger partial charge in [-0.2, -0.15) is 0 Å². The van der Waals surface area contributed by atoms with Gasteiger partial charge in [-0.15, -0.1) is 12.4 Å². The molecule has 0 bridgehead atoms. The zero-order valence-electron chi connectivity index (χ0n) is 14.1. The summed E-state index contributed by atoms with van der Waals surface area (Å²) in [6.07, 6.45) is 5.54.